The maximum Gasteiger partial charge on any atom is 0.176 e. The Morgan fingerprint density at radius 3 is 2.63 bits per heavy atom. The van der Waals surface area contributed by atoms with Gasteiger partial charge in [0.25, 0.3) is 0 Å². The molecule has 2 unspecified atom stereocenters. The number of benzene rings is 1. The average Bonchev–Trinajstić information content (AvgIpc) is 2.79. The maximum absolute atomic E-state index is 12.3. The monoisotopic (exact) mass is 256 g/mol. The molecule has 3 heteroatoms. The quantitative estimate of drug-likeness (QED) is 0.778. The third kappa shape index (κ3) is 3.02. The van der Waals surface area contributed by atoms with Crippen LogP contribution in [0.15, 0.2) is 24.3 Å². The van der Waals surface area contributed by atoms with Crippen LogP contribution in [0, 0.1) is 11.3 Å². The van der Waals surface area contributed by atoms with Gasteiger partial charge < -0.3 is 0 Å². The first-order chi connectivity index (χ1) is 9.15. The third-order valence-electron chi connectivity index (χ3n) is 4.09. The predicted molar refractivity (Wildman–Crippen MR) is 75.0 cm³/mol. The molecule has 1 fully saturated rings. The molecule has 0 spiro atoms. The van der Waals surface area contributed by atoms with Crippen LogP contribution in [0.4, 0.5) is 0 Å². The van der Waals surface area contributed by atoms with Crippen molar-refractivity contribution in [2.24, 2.45) is 0 Å². The van der Waals surface area contributed by atoms with Gasteiger partial charge in [0.1, 0.15) is 0 Å². The summed E-state index contributed by atoms with van der Waals surface area (Å²) in [6.07, 6.45) is 3.47. The fraction of sp³-hybridized carbons (Fsp3) is 0.500. The van der Waals surface area contributed by atoms with E-state index in [1.807, 2.05) is 0 Å². The van der Waals surface area contributed by atoms with Crippen molar-refractivity contribution in [3.05, 3.63) is 35.4 Å². The number of nitrogens with zero attached hydrogens (tertiary/aromatic N) is 2. The Morgan fingerprint density at radius 2 is 2.05 bits per heavy atom. The number of ketones is 1. The molecule has 0 radical (unpaired) electrons. The van der Waals surface area contributed by atoms with E-state index in [1.54, 1.807) is 24.3 Å². The minimum atomic E-state index is 0.150. The lowest BCUT2D eigenvalue weighted by Crippen LogP contribution is -2.38. The molecule has 0 saturated carbocycles. The normalized spacial score (nSPS) is 23.2. The van der Waals surface area contributed by atoms with Gasteiger partial charge in [-0.05, 0) is 38.3 Å². The second-order valence-electron chi connectivity index (χ2n) is 5.27. The number of carbonyl (C=O) groups is 1. The molecule has 100 valence electrons. The van der Waals surface area contributed by atoms with Crippen LogP contribution in [-0.4, -0.2) is 29.3 Å². The van der Waals surface area contributed by atoms with Gasteiger partial charge in [-0.1, -0.05) is 19.1 Å². The molecule has 2 atom stereocenters. The van der Waals surface area contributed by atoms with E-state index < -0.39 is 0 Å². The van der Waals surface area contributed by atoms with Crippen molar-refractivity contribution in [3.63, 3.8) is 0 Å². The minimum absolute atomic E-state index is 0.150. The standard InChI is InChI=1S/C16H20N2O/c1-3-15-9-4-12(2)18(15)11-16(19)14-7-5-13(10-17)6-8-14/h5-8,12,15H,3-4,9,11H2,1-2H3. The molecular weight excluding hydrogens is 236 g/mol. The second kappa shape index (κ2) is 5.99. The number of hydrogen-bond donors (Lipinski definition) is 0. The summed E-state index contributed by atoms with van der Waals surface area (Å²) in [5.74, 6) is 0.150. The van der Waals surface area contributed by atoms with Gasteiger partial charge in [0.2, 0.25) is 0 Å². The highest BCUT2D eigenvalue weighted by Crippen LogP contribution is 2.26. The molecule has 0 bridgehead atoms. The van der Waals surface area contributed by atoms with Crippen molar-refractivity contribution in [1.29, 1.82) is 5.26 Å². The molecule has 0 N–H and O–H groups in total. The van der Waals surface area contributed by atoms with Crippen LogP contribution in [0.1, 0.15) is 49.0 Å². The molecule has 0 aromatic heterocycles. The SMILES string of the molecule is CCC1CCC(C)N1CC(=O)c1ccc(C#N)cc1. The smallest absolute Gasteiger partial charge is 0.176 e. The van der Waals surface area contributed by atoms with Gasteiger partial charge >= 0.3 is 0 Å². The topological polar surface area (TPSA) is 44.1 Å². The van der Waals surface area contributed by atoms with Crippen molar-refractivity contribution in [3.8, 4) is 6.07 Å². The summed E-state index contributed by atoms with van der Waals surface area (Å²) >= 11 is 0. The number of Topliss-reactive ketones (excluding diaryl/α,β-unsaturated/α-hetero) is 1. The Balaban J connectivity index is 2.05. The second-order valence-corrected chi connectivity index (χ2v) is 5.27. The molecule has 2 rings (SSSR count). The fourth-order valence-electron chi connectivity index (χ4n) is 2.84. The van der Waals surface area contributed by atoms with E-state index in [0.717, 1.165) is 6.42 Å². The number of carbonyl (C=O) groups excluding carboxylic acids is 1. The molecule has 1 saturated heterocycles. The van der Waals surface area contributed by atoms with E-state index in [9.17, 15) is 4.79 Å². The largest absolute Gasteiger partial charge is 0.293 e. The summed E-state index contributed by atoms with van der Waals surface area (Å²) in [6.45, 7) is 4.87. The summed E-state index contributed by atoms with van der Waals surface area (Å²) in [6, 6.07) is 10.0. The lowest BCUT2D eigenvalue weighted by atomic mass is 10.1. The van der Waals surface area contributed by atoms with Crippen molar-refractivity contribution < 1.29 is 4.79 Å². The molecule has 0 aliphatic carbocycles. The summed E-state index contributed by atoms with van der Waals surface area (Å²) in [5.41, 5.74) is 1.30. The lowest BCUT2D eigenvalue weighted by molar-refractivity contribution is 0.0889. The summed E-state index contributed by atoms with van der Waals surface area (Å²) in [5, 5.41) is 8.76. The van der Waals surface area contributed by atoms with Gasteiger partial charge in [0.05, 0.1) is 18.2 Å². The number of rotatable bonds is 4. The van der Waals surface area contributed by atoms with E-state index in [1.165, 1.54) is 12.8 Å². The van der Waals surface area contributed by atoms with Crippen molar-refractivity contribution in [2.45, 2.75) is 45.2 Å². The number of hydrogen-bond acceptors (Lipinski definition) is 3. The zero-order chi connectivity index (χ0) is 13.8. The molecule has 0 amide bonds. The highest BCUT2D eigenvalue weighted by molar-refractivity contribution is 5.97. The number of nitriles is 1. The number of likely N-dealkylation sites (tertiary alicyclic amines) is 1. The first kappa shape index (κ1) is 13.8. The minimum Gasteiger partial charge on any atom is -0.293 e. The van der Waals surface area contributed by atoms with E-state index in [4.69, 9.17) is 5.26 Å². The van der Waals surface area contributed by atoms with E-state index in [-0.39, 0.29) is 5.78 Å². The molecule has 1 aromatic rings. The summed E-state index contributed by atoms with van der Waals surface area (Å²) in [4.78, 5) is 14.6. The van der Waals surface area contributed by atoms with Crippen LogP contribution in [0.2, 0.25) is 0 Å². The first-order valence-electron chi connectivity index (χ1n) is 6.94. The van der Waals surface area contributed by atoms with Crippen LogP contribution in [-0.2, 0) is 0 Å². The van der Waals surface area contributed by atoms with E-state index in [2.05, 4.69) is 24.8 Å². The van der Waals surface area contributed by atoms with Gasteiger partial charge in [-0.15, -0.1) is 0 Å². The molecule has 1 aromatic carbocycles. The zero-order valence-electron chi connectivity index (χ0n) is 11.6. The van der Waals surface area contributed by atoms with Gasteiger partial charge in [0, 0.05) is 17.6 Å². The Morgan fingerprint density at radius 1 is 1.37 bits per heavy atom. The van der Waals surface area contributed by atoms with Crippen molar-refractivity contribution >= 4 is 5.78 Å². The predicted octanol–water partition coefficient (Wildman–Crippen LogP) is 3.00. The van der Waals surface area contributed by atoms with Crippen LogP contribution in [0.3, 0.4) is 0 Å². The Hall–Kier alpha value is -1.66. The van der Waals surface area contributed by atoms with E-state index in [0.29, 0.717) is 29.8 Å². The molecule has 1 aliphatic rings. The van der Waals surface area contributed by atoms with Gasteiger partial charge in [0.15, 0.2) is 5.78 Å². The van der Waals surface area contributed by atoms with Crippen LogP contribution in [0.25, 0.3) is 0 Å². The Labute approximate surface area is 114 Å². The Bertz CT molecular complexity index is 486. The van der Waals surface area contributed by atoms with Crippen LogP contribution in [0.5, 0.6) is 0 Å². The highest BCUT2D eigenvalue weighted by atomic mass is 16.1. The highest BCUT2D eigenvalue weighted by Gasteiger charge is 2.30. The van der Waals surface area contributed by atoms with Crippen molar-refractivity contribution in [2.75, 3.05) is 6.54 Å². The lowest BCUT2D eigenvalue weighted by Gasteiger charge is -2.26. The third-order valence-corrected chi connectivity index (χ3v) is 4.09. The summed E-state index contributed by atoms with van der Waals surface area (Å²) < 4.78 is 0. The molecular formula is C16H20N2O. The van der Waals surface area contributed by atoms with Gasteiger partial charge in [-0.25, -0.2) is 0 Å². The molecule has 3 nitrogen and oxygen atoms in total. The van der Waals surface area contributed by atoms with Crippen molar-refractivity contribution in [1.82, 2.24) is 4.90 Å². The maximum atomic E-state index is 12.3. The van der Waals surface area contributed by atoms with Gasteiger partial charge in [-0.3, -0.25) is 9.69 Å². The van der Waals surface area contributed by atoms with Crippen LogP contribution < -0.4 is 0 Å². The van der Waals surface area contributed by atoms with Crippen LogP contribution >= 0.6 is 0 Å². The summed E-state index contributed by atoms with van der Waals surface area (Å²) in [7, 11) is 0. The molecule has 1 heterocycles. The Kier molecular flexibility index (Phi) is 4.34. The zero-order valence-corrected chi connectivity index (χ0v) is 11.6. The first-order valence-corrected chi connectivity index (χ1v) is 6.94. The average molecular weight is 256 g/mol. The van der Waals surface area contributed by atoms with E-state index >= 15 is 0 Å². The molecule has 19 heavy (non-hydrogen) atoms. The van der Waals surface area contributed by atoms with Gasteiger partial charge in [-0.2, -0.15) is 5.26 Å². The fourth-order valence-corrected chi connectivity index (χ4v) is 2.84. The molecule has 1 aliphatic heterocycles.